The quantitative estimate of drug-likeness (QED) is 0.832. The van der Waals surface area contributed by atoms with Crippen LogP contribution in [0.15, 0.2) is 0 Å². The van der Waals surface area contributed by atoms with E-state index in [1.807, 2.05) is 25.7 Å². The molecule has 0 aromatic carbocycles. The predicted molar refractivity (Wildman–Crippen MR) is 76.2 cm³/mol. The molecule has 108 valence electrons. The Hall–Kier alpha value is -1.08. The van der Waals surface area contributed by atoms with Crippen LogP contribution in [0.5, 0.6) is 0 Å². The van der Waals surface area contributed by atoms with Gasteiger partial charge in [-0.25, -0.2) is 8.42 Å². The summed E-state index contributed by atoms with van der Waals surface area (Å²) < 4.78 is 25.0. The Kier molecular flexibility index (Phi) is 3.87. The third-order valence-corrected chi connectivity index (χ3v) is 5.55. The third-order valence-electron chi connectivity index (χ3n) is 3.80. The Balaban J connectivity index is 2.31. The number of aryl methyl sites for hydroxylation is 2. The van der Waals surface area contributed by atoms with Gasteiger partial charge < -0.3 is 10.6 Å². The first-order valence-corrected chi connectivity index (χ1v) is 8.33. The highest BCUT2D eigenvalue weighted by Gasteiger charge is 2.32. The lowest BCUT2D eigenvalue weighted by atomic mass is 10.1. The highest BCUT2D eigenvalue weighted by molar-refractivity contribution is 7.91. The molecule has 1 aliphatic rings. The zero-order valence-corrected chi connectivity index (χ0v) is 12.6. The Labute approximate surface area is 114 Å². The lowest BCUT2D eigenvalue weighted by Gasteiger charge is -2.26. The number of aromatic nitrogens is 2. The van der Waals surface area contributed by atoms with Gasteiger partial charge in [0, 0.05) is 25.7 Å². The van der Waals surface area contributed by atoms with Gasteiger partial charge in [-0.15, -0.1) is 0 Å². The van der Waals surface area contributed by atoms with Crippen LogP contribution in [0.1, 0.15) is 17.7 Å². The lowest BCUT2D eigenvalue weighted by molar-refractivity contribution is 0.600. The summed E-state index contributed by atoms with van der Waals surface area (Å²) in [4.78, 5) is 2.05. The molecule has 2 N–H and O–H groups in total. The van der Waals surface area contributed by atoms with E-state index in [9.17, 15) is 8.42 Å². The van der Waals surface area contributed by atoms with Gasteiger partial charge in [-0.05, 0) is 26.3 Å². The van der Waals surface area contributed by atoms with E-state index in [-0.39, 0.29) is 17.5 Å². The Bertz CT molecular complexity index is 565. The fourth-order valence-corrected chi connectivity index (χ4v) is 4.60. The molecule has 0 bridgehead atoms. The molecular weight excluding hydrogens is 264 g/mol. The molecule has 0 saturated carbocycles. The summed E-state index contributed by atoms with van der Waals surface area (Å²) in [6.45, 7) is 2.53. The van der Waals surface area contributed by atoms with Crippen molar-refractivity contribution in [2.75, 3.05) is 30.0 Å². The van der Waals surface area contributed by atoms with Gasteiger partial charge in [-0.3, -0.25) is 4.68 Å². The Morgan fingerprint density at radius 2 is 2.21 bits per heavy atom. The van der Waals surface area contributed by atoms with Crippen molar-refractivity contribution < 1.29 is 8.42 Å². The normalized spacial score (nSPS) is 21.8. The summed E-state index contributed by atoms with van der Waals surface area (Å²) in [5.74, 6) is 1.51. The van der Waals surface area contributed by atoms with Gasteiger partial charge >= 0.3 is 0 Å². The van der Waals surface area contributed by atoms with Gasteiger partial charge in [0.15, 0.2) is 9.84 Å². The van der Waals surface area contributed by atoms with Gasteiger partial charge in [0.2, 0.25) is 0 Å². The van der Waals surface area contributed by atoms with Crippen molar-refractivity contribution in [2.24, 2.45) is 12.8 Å². The second-order valence-corrected chi connectivity index (χ2v) is 7.45. The molecule has 1 saturated heterocycles. The van der Waals surface area contributed by atoms with E-state index in [0.29, 0.717) is 13.0 Å². The molecule has 6 nitrogen and oxygen atoms in total. The molecule has 19 heavy (non-hydrogen) atoms. The maximum atomic E-state index is 11.6. The molecule has 1 aromatic rings. The van der Waals surface area contributed by atoms with Crippen LogP contribution >= 0.6 is 0 Å². The molecule has 0 spiro atoms. The highest BCUT2D eigenvalue weighted by Crippen LogP contribution is 2.27. The summed E-state index contributed by atoms with van der Waals surface area (Å²) >= 11 is 0. The first kappa shape index (κ1) is 14.3. The zero-order valence-electron chi connectivity index (χ0n) is 11.8. The van der Waals surface area contributed by atoms with Crippen molar-refractivity contribution in [2.45, 2.75) is 25.8 Å². The maximum absolute atomic E-state index is 11.6. The third kappa shape index (κ3) is 2.76. The van der Waals surface area contributed by atoms with E-state index < -0.39 is 9.84 Å². The van der Waals surface area contributed by atoms with E-state index >= 15 is 0 Å². The minimum atomic E-state index is -2.88. The van der Waals surface area contributed by atoms with Crippen molar-refractivity contribution in [3.63, 3.8) is 0 Å². The molecule has 1 atom stereocenters. The van der Waals surface area contributed by atoms with Gasteiger partial charge in [0.1, 0.15) is 5.82 Å². The SMILES string of the molecule is Cc1nn(C)c(N(C)C2CCS(=O)(=O)C2)c1CCN. The number of sulfone groups is 1. The van der Waals surface area contributed by atoms with Gasteiger partial charge in [0.25, 0.3) is 0 Å². The molecule has 0 amide bonds. The zero-order chi connectivity index (χ0) is 14.2. The topological polar surface area (TPSA) is 81.2 Å². The molecule has 2 rings (SSSR count). The van der Waals surface area contributed by atoms with Crippen LogP contribution in [0.4, 0.5) is 5.82 Å². The van der Waals surface area contributed by atoms with Crippen LogP contribution in [-0.4, -0.2) is 49.3 Å². The van der Waals surface area contributed by atoms with Crippen molar-refractivity contribution >= 4 is 15.7 Å². The first-order chi connectivity index (χ1) is 8.85. The molecule has 1 aromatic heterocycles. The van der Waals surface area contributed by atoms with E-state index in [0.717, 1.165) is 23.5 Å². The van der Waals surface area contributed by atoms with Gasteiger partial charge in [0.05, 0.1) is 17.2 Å². The fourth-order valence-electron chi connectivity index (χ4n) is 2.82. The maximum Gasteiger partial charge on any atom is 0.152 e. The van der Waals surface area contributed by atoms with Crippen LogP contribution in [0.2, 0.25) is 0 Å². The summed E-state index contributed by atoms with van der Waals surface area (Å²) in [6.07, 6.45) is 1.45. The van der Waals surface area contributed by atoms with Crippen molar-refractivity contribution in [1.29, 1.82) is 0 Å². The standard InChI is InChI=1S/C12H22N4O2S/c1-9-11(4-6-13)12(16(3)14-9)15(2)10-5-7-19(17,18)8-10/h10H,4-8,13H2,1-3H3. The van der Waals surface area contributed by atoms with Crippen LogP contribution in [0.25, 0.3) is 0 Å². The number of nitrogens with two attached hydrogens (primary N) is 1. The number of anilines is 1. The fraction of sp³-hybridized carbons (Fsp3) is 0.750. The Morgan fingerprint density at radius 3 is 2.74 bits per heavy atom. The van der Waals surface area contributed by atoms with Crippen LogP contribution in [0.3, 0.4) is 0 Å². The van der Waals surface area contributed by atoms with Crippen molar-refractivity contribution in [3.8, 4) is 0 Å². The second kappa shape index (κ2) is 5.13. The predicted octanol–water partition coefficient (Wildman–Crippen LogP) is -0.147. The number of hydrogen-bond acceptors (Lipinski definition) is 5. The molecule has 1 unspecified atom stereocenters. The number of nitrogens with zero attached hydrogens (tertiary/aromatic N) is 3. The monoisotopic (exact) mass is 286 g/mol. The summed E-state index contributed by atoms with van der Waals surface area (Å²) in [7, 11) is 0.962. The Morgan fingerprint density at radius 1 is 1.53 bits per heavy atom. The van der Waals surface area contributed by atoms with Crippen molar-refractivity contribution in [1.82, 2.24) is 9.78 Å². The van der Waals surface area contributed by atoms with Crippen LogP contribution in [0, 0.1) is 6.92 Å². The molecule has 1 fully saturated rings. The van der Waals surface area contributed by atoms with Gasteiger partial charge in [-0.2, -0.15) is 5.10 Å². The van der Waals surface area contributed by atoms with Gasteiger partial charge in [-0.1, -0.05) is 0 Å². The number of hydrogen-bond donors (Lipinski definition) is 1. The first-order valence-electron chi connectivity index (χ1n) is 6.51. The molecule has 7 heteroatoms. The minimum absolute atomic E-state index is 0.0383. The molecular formula is C12H22N4O2S. The smallest absolute Gasteiger partial charge is 0.152 e. The largest absolute Gasteiger partial charge is 0.356 e. The van der Waals surface area contributed by atoms with Crippen molar-refractivity contribution in [3.05, 3.63) is 11.3 Å². The van der Waals surface area contributed by atoms with E-state index in [4.69, 9.17) is 5.73 Å². The van der Waals surface area contributed by atoms with E-state index in [2.05, 4.69) is 10.00 Å². The van der Waals surface area contributed by atoms with Crippen LogP contribution < -0.4 is 10.6 Å². The van der Waals surface area contributed by atoms with Crippen LogP contribution in [-0.2, 0) is 23.3 Å². The molecule has 0 radical (unpaired) electrons. The second-order valence-electron chi connectivity index (χ2n) is 5.22. The van der Waals surface area contributed by atoms with E-state index in [1.165, 1.54) is 0 Å². The molecule has 1 aliphatic heterocycles. The molecule has 2 heterocycles. The summed E-state index contributed by atoms with van der Waals surface area (Å²) in [6, 6.07) is 0.0383. The van der Waals surface area contributed by atoms with E-state index in [1.54, 1.807) is 0 Å². The average molecular weight is 286 g/mol. The summed E-state index contributed by atoms with van der Waals surface area (Å²) in [5, 5.41) is 4.43. The number of rotatable bonds is 4. The highest BCUT2D eigenvalue weighted by atomic mass is 32.2. The molecule has 0 aliphatic carbocycles. The minimum Gasteiger partial charge on any atom is -0.356 e. The average Bonchev–Trinajstić information content (AvgIpc) is 2.80. The summed E-state index contributed by atoms with van der Waals surface area (Å²) in [5.41, 5.74) is 7.74. The lowest BCUT2D eigenvalue weighted by Crippen LogP contribution is -2.34.